The second-order valence-corrected chi connectivity index (χ2v) is 4.79. The van der Waals surface area contributed by atoms with Crippen LogP contribution in [-0.4, -0.2) is 11.1 Å². The molecule has 0 heterocycles. The summed E-state index contributed by atoms with van der Waals surface area (Å²) in [6, 6.07) is 13.9. The van der Waals surface area contributed by atoms with E-state index < -0.39 is 5.97 Å². The van der Waals surface area contributed by atoms with E-state index in [9.17, 15) is 9.90 Å². The summed E-state index contributed by atoms with van der Waals surface area (Å²) in [4.78, 5) is 11.2. The first kappa shape index (κ1) is 13.3. The fourth-order valence-electron chi connectivity index (χ4n) is 2.23. The molecule has 0 bridgehead atoms. The van der Waals surface area contributed by atoms with E-state index in [4.69, 9.17) is 0 Å². The number of carboxylic acids is 1. The van der Waals surface area contributed by atoms with Gasteiger partial charge >= 0.3 is 5.97 Å². The third-order valence-corrected chi connectivity index (χ3v) is 3.27. The highest BCUT2D eigenvalue weighted by Crippen LogP contribution is 2.24. The molecule has 0 spiro atoms. The van der Waals surface area contributed by atoms with Crippen LogP contribution in [0.3, 0.4) is 0 Å². The van der Waals surface area contributed by atoms with Crippen LogP contribution < -0.4 is 0 Å². The summed E-state index contributed by atoms with van der Waals surface area (Å²) in [5, 5.41) is 9.18. The van der Waals surface area contributed by atoms with Crippen molar-refractivity contribution in [3.05, 3.63) is 59.2 Å². The monoisotopic (exact) mass is 254 g/mol. The Labute approximate surface area is 113 Å². The number of hydrogen-bond acceptors (Lipinski definition) is 1. The highest BCUT2D eigenvalue weighted by atomic mass is 16.4. The predicted molar refractivity (Wildman–Crippen MR) is 77.6 cm³/mol. The fraction of sp³-hybridized carbons (Fsp3) is 0.235. The van der Waals surface area contributed by atoms with Crippen molar-refractivity contribution in [2.75, 3.05) is 0 Å². The molecule has 1 N–H and O–H groups in total. The average Bonchev–Trinajstić information content (AvgIpc) is 2.39. The second-order valence-electron chi connectivity index (χ2n) is 4.79. The number of hydrogen-bond donors (Lipinski definition) is 1. The molecule has 19 heavy (non-hydrogen) atoms. The minimum absolute atomic E-state index is 0.374. The minimum atomic E-state index is -0.871. The first-order chi connectivity index (χ1) is 9.11. The molecule has 0 aliphatic carbocycles. The summed E-state index contributed by atoms with van der Waals surface area (Å²) in [5.41, 5.74) is 4.49. The SMILES string of the molecule is CCCc1cccc(-c2ccc(C)c(C(=O)O)c2)c1. The van der Waals surface area contributed by atoms with Crippen molar-refractivity contribution in [3.63, 3.8) is 0 Å². The van der Waals surface area contributed by atoms with Crippen LogP contribution in [-0.2, 0) is 6.42 Å². The van der Waals surface area contributed by atoms with Gasteiger partial charge in [-0.3, -0.25) is 0 Å². The number of carbonyl (C=O) groups is 1. The van der Waals surface area contributed by atoms with Crippen LogP contribution in [0.1, 0.15) is 34.8 Å². The van der Waals surface area contributed by atoms with Gasteiger partial charge in [-0.2, -0.15) is 0 Å². The molecule has 98 valence electrons. The maximum Gasteiger partial charge on any atom is 0.335 e. The van der Waals surface area contributed by atoms with Crippen molar-refractivity contribution >= 4 is 5.97 Å². The Kier molecular flexibility index (Phi) is 4.00. The Morgan fingerprint density at radius 1 is 1.11 bits per heavy atom. The smallest absolute Gasteiger partial charge is 0.335 e. The maximum atomic E-state index is 11.2. The van der Waals surface area contributed by atoms with Crippen molar-refractivity contribution in [3.8, 4) is 11.1 Å². The second kappa shape index (κ2) is 5.70. The van der Waals surface area contributed by atoms with E-state index in [-0.39, 0.29) is 0 Å². The molecule has 2 rings (SSSR count). The molecule has 0 atom stereocenters. The number of rotatable bonds is 4. The zero-order valence-electron chi connectivity index (χ0n) is 11.3. The average molecular weight is 254 g/mol. The van der Waals surface area contributed by atoms with Crippen LogP contribution in [0.2, 0.25) is 0 Å². The van der Waals surface area contributed by atoms with E-state index in [1.807, 2.05) is 31.2 Å². The molecule has 0 amide bonds. The fourth-order valence-corrected chi connectivity index (χ4v) is 2.23. The van der Waals surface area contributed by atoms with E-state index in [0.717, 1.165) is 29.5 Å². The first-order valence-corrected chi connectivity index (χ1v) is 6.55. The van der Waals surface area contributed by atoms with Crippen molar-refractivity contribution in [1.82, 2.24) is 0 Å². The lowest BCUT2D eigenvalue weighted by Crippen LogP contribution is -1.99. The number of carboxylic acid groups (broad SMARTS) is 1. The summed E-state index contributed by atoms with van der Waals surface area (Å²) in [5.74, 6) is -0.871. The summed E-state index contributed by atoms with van der Waals surface area (Å²) in [6.07, 6.45) is 2.16. The van der Waals surface area contributed by atoms with Crippen molar-refractivity contribution in [1.29, 1.82) is 0 Å². The van der Waals surface area contributed by atoms with Crippen LogP contribution in [0.4, 0.5) is 0 Å². The molecule has 0 radical (unpaired) electrons. The number of aromatic carboxylic acids is 1. The summed E-state index contributed by atoms with van der Waals surface area (Å²) < 4.78 is 0. The van der Waals surface area contributed by atoms with E-state index in [1.165, 1.54) is 5.56 Å². The zero-order valence-corrected chi connectivity index (χ0v) is 11.3. The topological polar surface area (TPSA) is 37.3 Å². The van der Waals surface area contributed by atoms with Crippen LogP contribution in [0.15, 0.2) is 42.5 Å². The maximum absolute atomic E-state index is 11.2. The lowest BCUT2D eigenvalue weighted by atomic mass is 9.97. The van der Waals surface area contributed by atoms with E-state index in [2.05, 4.69) is 19.1 Å². The van der Waals surface area contributed by atoms with Gasteiger partial charge in [0.2, 0.25) is 0 Å². The third-order valence-electron chi connectivity index (χ3n) is 3.27. The van der Waals surface area contributed by atoms with Gasteiger partial charge < -0.3 is 5.11 Å². The van der Waals surface area contributed by atoms with Gasteiger partial charge in [0.1, 0.15) is 0 Å². The third kappa shape index (κ3) is 3.02. The van der Waals surface area contributed by atoms with Gasteiger partial charge in [0.25, 0.3) is 0 Å². The lowest BCUT2D eigenvalue weighted by Gasteiger charge is -2.07. The van der Waals surface area contributed by atoms with Gasteiger partial charge in [-0.05, 0) is 41.7 Å². The molecule has 0 aliphatic heterocycles. The summed E-state index contributed by atoms with van der Waals surface area (Å²) in [7, 11) is 0. The molecule has 2 aromatic carbocycles. The van der Waals surface area contributed by atoms with Crippen molar-refractivity contribution in [2.45, 2.75) is 26.7 Å². The van der Waals surface area contributed by atoms with Gasteiger partial charge in [-0.1, -0.05) is 49.7 Å². The Hall–Kier alpha value is -2.09. The van der Waals surface area contributed by atoms with Gasteiger partial charge in [-0.25, -0.2) is 4.79 Å². The Balaban J connectivity index is 2.44. The van der Waals surface area contributed by atoms with Crippen LogP contribution in [0.5, 0.6) is 0 Å². The highest BCUT2D eigenvalue weighted by molar-refractivity contribution is 5.91. The molecule has 0 aromatic heterocycles. The quantitative estimate of drug-likeness (QED) is 0.882. The van der Waals surface area contributed by atoms with Crippen molar-refractivity contribution in [2.24, 2.45) is 0 Å². The molecule has 0 saturated carbocycles. The molecular formula is C17H18O2. The highest BCUT2D eigenvalue weighted by Gasteiger charge is 2.09. The number of aryl methyl sites for hydroxylation is 2. The Bertz CT molecular complexity index is 600. The van der Waals surface area contributed by atoms with Gasteiger partial charge in [0.05, 0.1) is 5.56 Å². The Morgan fingerprint density at radius 3 is 2.53 bits per heavy atom. The molecule has 0 aliphatic rings. The molecule has 2 nitrogen and oxygen atoms in total. The normalized spacial score (nSPS) is 10.4. The first-order valence-electron chi connectivity index (χ1n) is 6.55. The largest absolute Gasteiger partial charge is 0.478 e. The van der Waals surface area contributed by atoms with E-state index >= 15 is 0 Å². The molecule has 2 aromatic rings. The minimum Gasteiger partial charge on any atom is -0.478 e. The zero-order chi connectivity index (χ0) is 13.8. The van der Waals surface area contributed by atoms with E-state index in [1.54, 1.807) is 6.07 Å². The van der Waals surface area contributed by atoms with Gasteiger partial charge in [-0.15, -0.1) is 0 Å². The molecule has 0 fully saturated rings. The summed E-state index contributed by atoms with van der Waals surface area (Å²) >= 11 is 0. The van der Waals surface area contributed by atoms with Crippen molar-refractivity contribution < 1.29 is 9.90 Å². The standard InChI is InChI=1S/C17H18O2/c1-3-5-13-6-4-7-14(10-13)15-9-8-12(2)16(11-15)17(18)19/h4,6-11H,3,5H2,1-2H3,(H,18,19). The predicted octanol–water partition coefficient (Wildman–Crippen LogP) is 4.31. The Morgan fingerprint density at radius 2 is 1.84 bits per heavy atom. The van der Waals surface area contributed by atoms with Gasteiger partial charge in [0.15, 0.2) is 0 Å². The molecule has 0 saturated heterocycles. The van der Waals surface area contributed by atoms with Gasteiger partial charge in [0, 0.05) is 0 Å². The number of benzene rings is 2. The van der Waals surface area contributed by atoms with Crippen LogP contribution in [0.25, 0.3) is 11.1 Å². The molecular weight excluding hydrogens is 236 g/mol. The molecule has 0 unspecified atom stereocenters. The molecule has 2 heteroatoms. The summed E-state index contributed by atoms with van der Waals surface area (Å²) in [6.45, 7) is 3.97. The van der Waals surface area contributed by atoms with Crippen LogP contribution >= 0.6 is 0 Å². The lowest BCUT2D eigenvalue weighted by molar-refractivity contribution is 0.0696. The van der Waals surface area contributed by atoms with Crippen LogP contribution in [0, 0.1) is 6.92 Å². The van der Waals surface area contributed by atoms with E-state index in [0.29, 0.717) is 5.56 Å².